The second-order valence-electron chi connectivity index (χ2n) is 7.66. The summed E-state index contributed by atoms with van der Waals surface area (Å²) in [4.78, 5) is 38.9. The number of rotatable bonds is 4. The highest BCUT2D eigenvalue weighted by atomic mass is 16.2. The monoisotopic (exact) mass is 366 g/mol. The normalized spacial score (nSPS) is 18.6. The topological polar surface area (TPSA) is 95.2 Å². The quantitative estimate of drug-likeness (QED) is 0.809. The predicted octanol–water partition coefficient (Wildman–Crippen LogP) is 1.95. The average molecular weight is 366 g/mol. The van der Waals surface area contributed by atoms with Crippen LogP contribution in [0.4, 0.5) is 0 Å². The number of nitrogens with one attached hydrogen (secondary N) is 2. The first-order valence-corrected chi connectivity index (χ1v) is 9.26. The van der Waals surface area contributed by atoms with Gasteiger partial charge in [-0.15, -0.1) is 0 Å². The maximum absolute atomic E-state index is 12.7. The van der Waals surface area contributed by atoms with E-state index in [4.69, 9.17) is 0 Å². The zero-order valence-electron chi connectivity index (χ0n) is 15.4. The number of hydrogen-bond donors (Lipinski definition) is 2. The highest BCUT2D eigenvalue weighted by molar-refractivity contribution is 6.22. The molecule has 0 saturated carbocycles. The Hall–Kier alpha value is -2.96. The number of H-pyrrole nitrogens is 1. The number of nitrogens with zero attached hydrogens (tertiary/aromatic N) is 2. The van der Waals surface area contributed by atoms with Gasteiger partial charge in [-0.05, 0) is 42.5 Å². The number of fused-ring (bicyclic) bond motifs is 2. The molecule has 140 valence electrons. The van der Waals surface area contributed by atoms with Crippen LogP contribution in [0.5, 0.6) is 0 Å². The molecule has 7 heteroatoms. The number of aromatic amines is 1. The van der Waals surface area contributed by atoms with E-state index in [1.54, 1.807) is 12.1 Å². The lowest BCUT2D eigenvalue weighted by Crippen LogP contribution is -2.38. The molecule has 1 unspecified atom stereocenters. The molecule has 0 fully saturated rings. The first kappa shape index (κ1) is 17.5. The lowest BCUT2D eigenvalue weighted by Gasteiger charge is -2.22. The summed E-state index contributed by atoms with van der Waals surface area (Å²) >= 11 is 0. The molecule has 0 bridgehead atoms. The Bertz CT molecular complexity index is 931. The van der Waals surface area contributed by atoms with E-state index in [0.717, 1.165) is 18.5 Å². The second-order valence-corrected chi connectivity index (χ2v) is 7.66. The van der Waals surface area contributed by atoms with Gasteiger partial charge in [0, 0.05) is 30.3 Å². The second kappa shape index (κ2) is 6.64. The average Bonchev–Trinajstić information content (AvgIpc) is 3.19. The van der Waals surface area contributed by atoms with Gasteiger partial charge in [0.2, 0.25) is 0 Å². The standard InChI is InChI=1S/C20H22N4O3/c1-11(2)10-24-19(26)15-6-4-12(7-16(15)20(24)27)18(25)22-14-5-3-13-9-21-23-17(13)8-14/h4,6-7,9,11,14H,3,5,8,10H2,1-2H3,(H,21,23)(H,22,25). The van der Waals surface area contributed by atoms with Crippen molar-refractivity contribution in [2.75, 3.05) is 6.54 Å². The molecule has 2 heterocycles. The van der Waals surface area contributed by atoms with Gasteiger partial charge >= 0.3 is 0 Å². The lowest BCUT2D eigenvalue weighted by molar-refractivity contribution is 0.0636. The Labute approximate surface area is 157 Å². The maximum atomic E-state index is 12.7. The molecule has 1 atom stereocenters. The van der Waals surface area contributed by atoms with Crippen molar-refractivity contribution in [1.29, 1.82) is 0 Å². The Balaban J connectivity index is 1.50. The highest BCUT2D eigenvalue weighted by Crippen LogP contribution is 2.25. The van der Waals surface area contributed by atoms with Crippen molar-refractivity contribution in [2.45, 2.75) is 39.2 Å². The molecule has 0 radical (unpaired) electrons. The van der Waals surface area contributed by atoms with Crippen LogP contribution in [-0.4, -0.2) is 45.4 Å². The largest absolute Gasteiger partial charge is 0.349 e. The third-order valence-corrected chi connectivity index (χ3v) is 5.14. The van der Waals surface area contributed by atoms with Gasteiger partial charge in [0.15, 0.2) is 0 Å². The van der Waals surface area contributed by atoms with Crippen molar-refractivity contribution < 1.29 is 14.4 Å². The van der Waals surface area contributed by atoms with Crippen LogP contribution in [-0.2, 0) is 12.8 Å². The maximum Gasteiger partial charge on any atom is 0.261 e. The van der Waals surface area contributed by atoms with Gasteiger partial charge in [-0.1, -0.05) is 13.8 Å². The molecule has 1 aromatic carbocycles. The number of carbonyl (C=O) groups excluding carboxylic acids is 3. The molecule has 2 aromatic rings. The molecule has 3 amide bonds. The zero-order chi connectivity index (χ0) is 19.1. The minimum Gasteiger partial charge on any atom is -0.349 e. The number of hydrogen-bond acceptors (Lipinski definition) is 4. The Morgan fingerprint density at radius 3 is 2.85 bits per heavy atom. The lowest BCUT2D eigenvalue weighted by atomic mass is 9.93. The minimum atomic E-state index is -0.321. The van der Waals surface area contributed by atoms with Gasteiger partial charge in [-0.25, -0.2) is 0 Å². The number of aromatic nitrogens is 2. The molecule has 7 nitrogen and oxygen atoms in total. The Morgan fingerprint density at radius 1 is 1.30 bits per heavy atom. The van der Waals surface area contributed by atoms with Crippen molar-refractivity contribution in [3.63, 3.8) is 0 Å². The van der Waals surface area contributed by atoms with Gasteiger partial charge < -0.3 is 5.32 Å². The summed E-state index contributed by atoms with van der Waals surface area (Å²) < 4.78 is 0. The number of benzene rings is 1. The number of aryl methyl sites for hydroxylation is 1. The molecule has 4 rings (SSSR count). The van der Waals surface area contributed by atoms with Crippen molar-refractivity contribution in [2.24, 2.45) is 5.92 Å². The van der Waals surface area contributed by atoms with Crippen molar-refractivity contribution in [1.82, 2.24) is 20.4 Å². The summed E-state index contributed by atoms with van der Waals surface area (Å²) in [5.74, 6) is -0.644. The van der Waals surface area contributed by atoms with E-state index in [2.05, 4.69) is 15.5 Å². The van der Waals surface area contributed by atoms with Crippen molar-refractivity contribution in [3.8, 4) is 0 Å². The van der Waals surface area contributed by atoms with Crippen molar-refractivity contribution >= 4 is 17.7 Å². The van der Waals surface area contributed by atoms with Crippen molar-refractivity contribution in [3.05, 3.63) is 52.3 Å². The molecular weight excluding hydrogens is 344 g/mol. The van der Waals surface area contributed by atoms with Crippen LogP contribution >= 0.6 is 0 Å². The summed E-state index contributed by atoms with van der Waals surface area (Å²) in [6.45, 7) is 4.29. The molecule has 1 aliphatic heterocycles. The minimum absolute atomic E-state index is 0.0217. The van der Waals surface area contributed by atoms with Crippen LogP contribution in [0, 0.1) is 5.92 Å². The molecule has 2 N–H and O–H groups in total. The van der Waals surface area contributed by atoms with Crippen LogP contribution < -0.4 is 5.32 Å². The number of carbonyl (C=O) groups is 3. The van der Waals surface area contributed by atoms with Crippen LogP contribution in [0.3, 0.4) is 0 Å². The van der Waals surface area contributed by atoms with Gasteiger partial charge in [0.25, 0.3) is 17.7 Å². The van der Waals surface area contributed by atoms with Crippen LogP contribution in [0.25, 0.3) is 0 Å². The van der Waals surface area contributed by atoms with E-state index in [1.807, 2.05) is 20.0 Å². The summed E-state index contributed by atoms with van der Waals surface area (Å²) in [5.41, 5.74) is 3.35. The first-order valence-electron chi connectivity index (χ1n) is 9.26. The predicted molar refractivity (Wildman–Crippen MR) is 98.5 cm³/mol. The summed E-state index contributed by atoms with van der Waals surface area (Å²) in [6.07, 6.45) is 4.27. The molecule has 1 aliphatic carbocycles. The van der Waals surface area contributed by atoms with E-state index in [1.165, 1.54) is 16.5 Å². The number of imide groups is 1. The molecular formula is C20H22N4O3. The fraction of sp³-hybridized carbons (Fsp3) is 0.400. The highest BCUT2D eigenvalue weighted by Gasteiger charge is 2.36. The van der Waals surface area contributed by atoms with Gasteiger partial charge in [0.05, 0.1) is 17.3 Å². The molecule has 0 saturated heterocycles. The molecule has 27 heavy (non-hydrogen) atoms. The van der Waals surface area contributed by atoms with E-state index < -0.39 is 0 Å². The van der Waals surface area contributed by atoms with Gasteiger partial charge in [-0.2, -0.15) is 5.10 Å². The van der Waals surface area contributed by atoms with E-state index in [0.29, 0.717) is 29.7 Å². The molecule has 0 spiro atoms. The first-order chi connectivity index (χ1) is 12.9. The third-order valence-electron chi connectivity index (χ3n) is 5.14. The van der Waals surface area contributed by atoms with E-state index >= 15 is 0 Å². The summed E-state index contributed by atoms with van der Waals surface area (Å²) in [6, 6.07) is 4.75. The zero-order valence-corrected chi connectivity index (χ0v) is 15.4. The van der Waals surface area contributed by atoms with Crippen LogP contribution in [0.2, 0.25) is 0 Å². The number of amides is 3. The van der Waals surface area contributed by atoms with Crippen LogP contribution in [0.1, 0.15) is 62.6 Å². The SMILES string of the molecule is CC(C)CN1C(=O)c2ccc(C(=O)NC3CCc4cn[nH]c4C3)cc2C1=O. The van der Waals surface area contributed by atoms with Crippen LogP contribution in [0.15, 0.2) is 24.4 Å². The van der Waals surface area contributed by atoms with E-state index in [9.17, 15) is 14.4 Å². The smallest absolute Gasteiger partial charge is 0.261 e. The Morgan fingerprint density at radius 2 is 2.07 bits per heavy atom. The Kier molecular flexibility index (Phi) is 4.30. The summed E-state index contributed by atoms with van der Waals surface area (Å²) in [7, 11) is 0. The van der Waals surface area contributed by atoms with Gasteiger partial charge in [0.1, 0.15) is 0 Å². The molecule has 1 aromatic heterocycles. The third kappa shape index (κ3) is 3.13. The van der Waals surface area contributed by atoms with E-state index in [-0.39, 0.29) is 29.7 Å². The fourth-order valence-electron chi connectivity index (χ4n) is 3.76. The molecule has 2 aliphatic rings. The summed E-state index contributed by atoms with van der Waals surface area (Å²) in [5, 5.41) is 10.1. The van der Waals surface area contributed by atoms with Gasteiger partial charge in [-0.3, -0.25) is 24.4 Å². The fourth-order valence-corrected chi connectivity index (χ4v) is 3.76.